The molecule has 0 aliphatic carbocycles. The van der Waals surface area contributed by atoms with E-state index in [9.17, 15) is 0 Å². The predicted octanol–water partition coefficient (Wildman–Crippen LogP) is 0.349. The molecule has 75 valence electrons. The Hall–Kier alpha value is -0.900. The molecule has 1 aromatic carbocycles. The van der Waals surface area contributed by atoms with Crippen molar-refractivity contribution in [3.8, 4) is 0 Å². The molecule has 14 heavy (non-hydrogen) atoms. The molecule has 3 N–H and O–H groups in total. The molecule has 2 rings (SSSR count). The standard InChI is InChI=1S/C11H16N3/c12-11(10-4-2-1-3-5-10)14-8-6-13-7-9-14/h2-5,11,13H,6-9,12H2. The van der Waals surface area contributed by atoms with E-state index in [1.807, 2.05) is 24.3 Å². The molecule has 3 nitrogen and oxygen atoms in total. The summed E-state index contributed by atoms with van der Waals surface area (Å²) < 4.78 is 0. The molecular formula is C11H16N3. The van der Waals surface area contributed by atoms with Crippen molar-refractivity contribution >= 4 is 0 Å². The molecule has 1 saturated heterocycles. The third kappa shape index (κ3) is 2.12. The van der Waals surface area contributed by atoms with E-state index in [2.05, 4.69) is 16.3 Å². The lowest BCUT2D eigenvalue weighted by molar-refractivity contribution is 0.177. The average Bonchev–Trinajstić information content (AvgIpc) is 2.30. The molecule has 1 unspecified atom stereocenters. The maximum Gasteiger partial charge on any atom is 0.0836 e. The van der Waals surface area contributed by atoms with Gasteiger partial charge in [-0.05, 0) is 11.6 Å². The number of hydrogen-bond donors (Lipinski definition) is 2. The van der Waals surface area contributed by atoms with E-state index in [0.29, 0.717) is 0 Å². The maximum absolute atomic E-state index is 6.15. The summed E-state index contributed by atoms with van der Waals surface area (Å²) in [6.45, 7) is 4.12. The quantitative estimate of drug-likeness (QED) is 0.707. The van der Waals surface area contributed by atoms with Gasteiger partial charge in [0.25, 0.3) is 0 Å². The van der Waals surface area contributed by atoms with Crippen LogP contribution in [0.5, 0.6) is 0 Å². The highest BCUT2D eigenvalue weighted by Crippen LogP contribution is 2.14. The summed E-state index contributed by atoms with van der Waals surface area (Å²) in [6, 6.07) is 10.9. The van der Waals surface area contributed by atoms with Crippen LogP contribution in [0.2, 0.25) is 0 Å². The number of nitrogens with two attached hydrogens (primary N) is 1. The summed E-state index contributed by atoms with van der Waals surface area (Å²) >= 11 is 0. The van der Waals surface area contributed by atoms with Gasteiger partial charge < -0.3 is 11.1 Å². The Morgan fingerprint density at radius 1 is 1.29 bits per heavy atom. The van der Waals surface area contributed by atoms with Crippen LogP contribution in [0.1, 0.15) is 11.7 Å². The van der Waals surface area contributed by atoms with Gasteiger partial charge >= 0.3 is 0 Å². The zero-order valence-corrected chi connectivity index (χ0v) is 8.24. The summed E-state index contributed by atoms with van der Waals surface area (Å²) in [7, 11) is 0. The van der Waals surface area contributed by atoms with Gasteiger partial charge in [0.05, 0.1) is 6.17 Å². The van der Waals surface area contributed by atoms with Crippen molar-refractivity contribution < 1.29 is 0 Å². The molecule has 0 bridgehead atoms. The number of piperazine rings is 1. The fourth-order valence-corrected chi connectivity index (χ4v) is 1.77. The molecule has 1 heterocycles. The van der Waals surface area contributed by atoms with Crippen LogP contribution in [0.3, 0.4) is 0 Å². The minimum absolute atomic E-state index is 0.0340. The number of nitrogens with zero attached hydrogens (tertiary/aromatic N) is 1. The molecule has 1 radical (unpaired) electrons. The highest BCUT2D eigenvalue weighted by Gasteiger charge is 2.17. The van der Waals surface area contributed by atoms with Crippen molar-refractivity contribution in [3.63, 3.8) is 0 Å². The van der Waals surface area contributed by atoms with Gasteiger partial charge in [-0.2, -0.15) is 0 Å². The van der Waals surface area contributed by atoms with Crippen molar-refractivity contribution in [2.45, 2.75) is 6.17 Å². The largest absolute Gasteiger partial charge is 0.314 e. The van der Waals surface area contributed by atoms with Crippen LogP contribution in [0.4, 0.5) is 0 Å². The van der Waals surface area contributed by atoms with Crippen molar-refractivity contribution in [3.05, 3.63) is 35.9 Å². The molecule has 1 fully saturated rings. The molecule has 0 aromatic heterocycles. The van der Waals surface area contributed by atoms with Gasteiger partial charge in [0.2, 0.25) is 0 Å². The monoisotopic (exact) mass is 190 g/mol. The Labute approximate surface area is 84.9 Å². The Balaban J connectivity index is 2.03. The highest BCUT2D eigenvalue weighted by atomic mass is 15.3. The van der Waals surface area contributed by atoms with Crippen molar-refractivity contribution in [1.29, 1.82) is 0 Å². The van der Waals surface area contributed by atoms with E-state index >= 15 is 0 Å². The van der Waals surface area contributed by atoms with E-state index in [1.165, 1.54) is 5.56 Å². The second-order valence-corrected chi connectivity index (χ2v) is 3.56. The summed E-state index contributed by atoms with van der Waals surface area (Å²) in [6.07, 6.45) is 0.0340. The van der Waals surface area contributed by atoms with E-state index in [1.54, 1.807) is 0 Å². The molecule has 3 heteroatoms. The zero-order valence-electron chi connectivity index (χ0n) is 8.24. The van der Waals surface area contributed by atoms with Gasteiger partial charge in [0, 0.05) is 26.2 Å². The van der Waals surface area contributed by atoms with Crippen LogP contribution in [-0.4, -0.2) is 31.1 Å². The van der Waals surface area contributed by atoms with Gasteiger partial charge in [-0.1, -0.05) is 24.3 Å². The second-order valence-electron chi connectivity index (χ2n) is 3.56. The Morgan fingerprint density at radius 3 is 2.57 bits per heavy atom. The topological polar surface area (TPSA) is 41.3 Å². The SMILES string of the molecule is NC(c1cc[c]cc1)N1CCNCC1. The minimum atomic E-state index is 0.0340. The second kappa shape index (κ2) is 4.55. The van der Waals surface area contributed by atoms with Crippen LogP contribution in [0.15, 0.2) is 24.3 Å². The molecule has 0 amide bonds. The molecular weight excluding hydrogens is 174 g/mol. The molecule has 0 spiro atoms. The van der Waals surface area contributed by atoms with E-state index < -0.39 is 0 Å². The van der Waals surface area contributed by atoms with Crippen molar-refractivity contribution in [1.82, 2.24) is 10.2 Å². The smallest absolute Gasteiger partial charge is 0.0836 e. The number of benzene rings is 1. The molecule has 1 aromatic rings. The van der Waals surface area contributed by atoms with Gasteiger partial charge in [-0.3, -0.25) is 4.90 Å². The van der Waals surface area contributed by atoms with Crippen molar-refractivity contribution in [2.24, 2.45) is 5.73 Å². The molecule has 1 atom stereocenters. The number of hydrogen-bond acceptors (Lipinski definition) is 3. The summed E-state index contributed by atoms with van der Waals surface area (Å²) in [5.41, 5.74) is 7.33. The average molecular weight is 190 g/mol. The molecule has 0 saturated carbocycles. The first-order chi connectivity index (χ1) is 6.88. The molecule has 1 aliphatic rings. The lowest BCUT2D eigenvalue weighted by atomic mass is 10.1. The zero-order chi connectivity index (χ0) is 9.80. The fraction of sp³-hybridized carbons (Fsp3) is 0.455. The Bertz CT molecular complexity index is 267. The van der Waals surface area contributed by atoms with E-state index in [-0.39, 0.29) is 6.17 Å². The van der Waals surface area contributed by atoms with Crippen LogP contribution in [-0.2, 0) is 0 Å². The third-order valence-corrected chi connectivity index (χ3v) is 2.63. The highest BCUT2D eigenvalue weighted by molar-refractivity contribution is 5.17. The van der Waals surface area contributed by atoms with Gasteiger partial charge in [-0.15, -0.1) is 0 Å². The summed E-state index contributed by atoms with van der Waals surface area (Å²) in [5.74, 6) is 0. The fourth-order valence-electron chi connectivity index (χ4n) is 1.77. The first-order valence-corrected chi connectivity index (χ1v) is 5.04. The Kier molecular flexibility index (Phi) is 3.14. The van der Waals surface area contributed by atoms with Crippen LogP contribution >= 0.6 is 0 Å². The van der Waals surface area contributed by atoms with Gasteiger partial charge in [-0.25, -0.2) is 0 Å². The van der Waals surface area contributed by atoms with Gasteiger partial charge in [0.1, 0.15) is 0 Å². The maximum atomic E-state index is 6.15. The third-order valence-electron chi connectivity index (χ3n) is 2.63. The number of rotatable bonds is 2. The van der Waals surface area contributed by atoms with E-state index in [0.717, 1.165) is 26.2 Å². The predicted molar refractivity (Wildman–Crippen MR) is 56.6 cm³/mol. The van der Waals surface area contributed by atoms with Crippen LogP contribution in [0.25, 0.3) is 0 Å². The van der Waals surface area contributed by atoms with E-state index in [4.69, 9.17) is 5.73 Å². The lowest BCUT2D eigenvalue weighted by Crippen LogP contribution is -2.47. The molecule has 1 aliphatic heterocycles. The normalized spacial score (nSPS) is 20.6. The first-order valence-electron chi connectivity index (χ1n) is 5.04. The first kappa shape index (κ1) is 9.65. The van der Waals surface area contributed by atoms with Crippen LogP contribution < -0.4 is 11.1 Å². The van der Waals surface area contributed by atoms with Crippen molar-refractivity contribution in [2.75, 3.05) is 26.2 Å². The van der Waals surface area contributed by atoms with Gasteiger partial charge in [0.15, 0.2) is 0 Å². The summed E-state index contributed by atoms with van der Waals surface area (Å²) in [5, 5.41) is 3.32. The Morgan fingerprint density at radius 2 is 1.93 bits per heavy atom. The lowest BCUT2D eigenvalue weighted by Gasteiger charge is -2.32. The number of nitrogens with one attached hydrogen (secondary N) is 1. The summed E-state index contributed by atoms with van der Waals surface area (Å²) in [4.78, 5) is 2.30. The van der Waals surface area contributed by atoms with Crippen LogP contribution in [0, 0.1) is 6.07 Å². The minimum Gasteiger partial charge on any atom is -0.314 e.